The quantitative estimate of drug-likeness (QED) is 0.329. The van der Waals surface area contributed by atoms with Crippen LogP contribution in [0, 0.1) is 10.1 Å². The van der Waals surface area contributed by atoms with Gasteiger partial charge >= 0.3 is 0 Å². The first kappa shape index (κ1) is 21.5. The standard InChI is InChI=1S/C19H19NO4S4/c1-11(21)15(18-25-7-8-26-18)17(13-3-5-14(6-4-13)20(23)24)16(12(2)22)19-27-9-10-28-19/h3-6,17H,7-10H2,1-2H3. The van der Waals surface area contributed by atoms with Crippen molar-refractivity contribution < 1.29 is 14.5 Å². The van der Waals surface area contributed by atoms with Gasteiger partial charge in [-0.1, -0.05) is 12.1 Å². The lowest BCUT2D eigenvalue weighted by atomic mass is 9.82. The molecule has 0 spiro atoms. The predicted octanol–water partition coefficient (Wildman–Crippen LogP) is 5.24. The van der Waals surface area contributed by atoms with Gasteiger partial charge in [-0.2, -0.15) is 0 Å². The molecule has 1 aromatic carbocycles. The van der Waals surface area contributed by atoms with Crippen molar-refractivity contribution in [3.05, 3.63) is 59.6 Å². The Morgan fingerprint density at radius 2 is 1.25 bits per heavy atom. The van der Waals surface area contributed by atoms with Crippen molar-refractivity contribution in [3.63, 3.8) is 0 Å². The number of rotatable bonds is 6. The number of nitrogens with zero attached hydrogens (tertiary/aromatic N) is 1. The molecule has 0 aromatic heterocycles. The molecule has 0 aliphatic carbocycles. The van der Waals surface area contributed by atoms with Crippen LogP contribution in [0.2, 0.25) is 0 Å². The largest absolute Gasteiger partial charge is 0.295 e. The van der Waals surface area contributed by atoms with Gasteiger partial charge in [0.2, 0.25) is 0 Å². The van der Waals surface area contributed by atoms with E-state index in [1.165, 1.54) is 26.0 Å². The Morgan fingerprint density at radius 3 is 1.57 bits per heavy atom. The zero-order valence-electron chi connectivity index (χ0n) is 15.4. The van der Waals surface area contributed by atoms with Crippen LogP contribution in [0.15, 0.2) is 43.9 Å². The summed E-state index contributed by atoms with van der Waals surface area (Å²) in [5, 5.41) is 11.0. The molecule has 5 nitrogen and oxygen atoms in total. The fourth-order valence-corrected chi connectivity index (χ4v) is 8.54. The molecule has 0 saturated carbocycles. The van der Waals surface area contributed by atoms with Gasteiger partial charge in [-0.05, 0) is 19.4 Å². The van der Waals surface area contributed by atoms with Gasteiger partial charge in [-0.3, -0.25) is 19.7 Å². The topological polar surface area (TPSA) is 77.3 Å². The predicted molar refractivity (Wildman–Crippen MR) is 121 cm³/mol. The summed E-state index contributed by atoms with van der Waals surface area (Å²) < 4.78 is 1.92. The molecule has 148 valence electrons. The molecule has 0 N–H and O–H groups in total. The normalized spacial score (nSPS) is 16.5. The molecule has 0 unspecified atom stereocenters. The van der Waals surface area contributed by atoms with E-state index in [-0.39, 0.29) is 17.3 Å². The monoisotopic (exact) mass is 453 g/mol. The summed E-state index contributed by atoms with van der Waals surface area (Å²) >= 11 is 6.59. The van der Waals surface area contributed by atoms with Crippen molar-refractivity contribution >= 4 is 64.3 Å². The SMILES string of the molecule is CC(=O)C(=C1SCCS1)C(C(C(C)=O)=C1SCCS1)c1ccc([N+](=O)[O-])cc1. The number of benzene rings is 1. The maximum atomic E-state index is 12.7. The van der Waals surface area contributed by atoms with E-state index < -0.39 is 10.8 Å². The van der Waals surface area contributed by atoms with E-state index >= 15 is 0 Å². The van der Waals surface area contributed by atoms with Gasteiger partial charge < -0.3 is 0 Å². The maximum absolute atomic E-state index is 12.7. The van der Waals surface area contributed by atoms with Crippen molar-refractivity contribution in [2.45, 2.75) is 19.8 Å². The van der Waals surface area contributed by atoms with E-state index in [1.54, 1.807) is 59.2 Å². The Balaban J connectivity index is 2.22. The molecule has 2 aliphatic rings. The molecule has 9 heteroatoms. The van der Waals surface area contributed by atoms with E-state index in [1.807, 2.05) is 0 Å². The number of hydrogen-bond acceptors (Lipinski definition) is 8. The zero-order chi connectivity index (χ0) is 20.3. The highest BCUT2D eigenvalue weighted by molar-refractivity contribution is 8.25. The lowest BCUT2D eigenvalue weighted by molar-refractivity contribution is -0.384. The summed E-state index contributed by atoms with van der Waals surface area (Å²) in [4.78, 5) is 36.0. The fraction of sp³-hybridized carbons (Fsp3) is 0.368. The Kier molecular flexibility index (Phi) is 7.36. The Bertz CT molecular complexity index is 816. The van der Waals surface area contributed by atoms with Crippen LogP contribution < -0.4 is 0 Å². The van der Waals surface area contributed by atoms with Crippen LogP contribution >= 0.6 is 47.0 Å². The molecule has 0 atom stereocenters. The highest BCUT2D eigenvalue weighted by Crippen LogP contribution is 2.49. The summed E-state index contributed by atoms with van der Waals surface area (Å²) in [6, 6.07) is 6.23. The van der Waals surface area contributed by atoms with E-state index in [2.05, 4.69) is 0 Å². The van der Waals surface area contributed by atoms with Gasteiger partial charge in [0.1, 0.15) is 0 Å². The molecule has 1 aromatic rings. The molecule has 2 aliphatic heterocycles. The van der Waals surface area contributed by atoms with Crippen molar-refractivity contribution in [3.8, 4) is 0 Å². The van der Waals surface area contributed by atoms with Crippen LogP contribution in [0.1, 0.15) is 25.3 Å². The summed E-state index contributed by atoms with van der Waals surface area (Å²) in [6.07, 6.45) is 0. The number of hydrogen-bond donors (Lipinski definition) is 0. The summed E-state index contributed by atoms with van der Waals surface area (Å²) in [7, 11) is 0. The molecule has 2 saturated heterocycles. The number of carbonyl (C=O) groups is 2. The lowest BCUT2D eigenvalue weighted by Crippen LogP contribution is -2.18. The highest BCUT2D eigenvalue weighted by atomic mass is 32.2. The van der Waals surface area contributed by atoms with Gasteiger partial charge in [0.15, 0.2) is 11.6 Å². The van der Waals surface area contributed by atoms with Crippen molar-refractivity contribution in [2.75, 3.05) is 23.0 Å². The molecular formula is C19H19NO4S4. The van der Waals surface area contributed by atoms with E-state index in [4.69, 9.17) is 0 Å². The molecule has 2 heterocycles. The first-order chi connectivity index (χ1) is 13.4. The van der Waals surface area contributed by atoms with Crippen molar-refractivity contribution in [1.29, 1.82) is 0 Å². The molecule has 0 amide bonds. The summed E-state index contributed by atoms with van der Waals surface area (Å²) in [5.41, 5.74) is 1.99. The van der Waals surface area contributed by atoms with Crippen molar-refractivity contribution in [2.24, 2.45) is 0 Å². The Labute approximate surface area is 180 Å². The highest BCUT2D eigenvalue weighted by Gasteiger charge is 2.34. The molecule has 3 rings (SSSR count). The minimum atomic E-state index is -0.503. The van der Waals surface area contributed by atoms with E-state index in [0.29, 0.717) is 11.1 Å². The third-order valence-corrected chi connectivity index (χ3v) is 9.80. The number of carbonyl (C=O) groups excluding carboxylic acids is 2. The Morgan fingerprint density at radius 1 is 0.857 bits per heavy atom. The molecular weight excluding hydrogens is 434 g/mol. The minimum Gasteiger partial charge on any atom is -0.295 e. The average Bonchev–Trinajstić information content (AvgIpc) is 3.35. The first-order valence-corrected chi connectivity index (χ1v) is 12.6. The third kappa shape index (κ3) is 4.69. The van der Waals surface area contributed by atoms with Gasteiger partial charge in [0, 0.05) is 60.7 Å². The van der Waals surface area contributed by atoms with Crippen LogP contribution in [-0.4, -0.2) is 39.5 Å². The maximum Gasteiger partial charge on any atom is 0.269 e. The zero-order valence-corrected chi connectivity index (χ0v) is 18.7. The van der Waals surface area contributed by atoms with Gasteiger partial charge in [-0.15, -0.1) is 47.0 Å². The second-order valence-corrected chi connectivity index (χ2v) is 11.1. The molecule has 28 heavy (non-hydrogen) atoms. The molecule has 2 fully saturated rings. The number of non-ortho nitro benzene ring substituents is 1. The van der Waals surface area contributed by atoms with E-state index in [9.17, 15) is 19.7 Å². The average molecular weight is 454 g/mol. The smallest absolute Gasteiger partial charge is 0.269 e. The van der Waals surface area contributed by atoms with Gasteiger partial charge in [0.05, 0.1) is 4.92 Å². The number of allylic oxidation sites excluding steroid dienone is 2. The number of nitro groups is 1. The first-order valence-electron chi connectivity index (χ1n) is 8.66. The number of Topliss-reactive ketones (excluding diaryl/α,β-unsaturated/α-hetero) is 2. The van der Waals surface area contributed by atoms with Crippen LogP contribution in [-0.2, 0) is 9.59 Å². The molecule has 0 bridgehead atoms. The van der Waals surface area contributed by atoms with Gasteiger partial charge in [-0.25, -0.2) is 0 Å². The lowest BCUT2D eigenvalue weighted by Gasteiger charge is -2.24. The third-order valence-electron chi connectivity index (χ3n) is 4.31. The van der Waals surface area contributed by atoms with Crippen LogP contribution in [0.25, 0.3) is 0 Å². The summed E-state index contributed by atoms with van der Waals surface area (Å²) in [5.74, 6) is 3.09. The van der Waals surface area contributed by atoms with E-state index in [0.717, 1.165) is 37.0 Å². The van der Waals surface area contributed by atoms with Crippen LogP contribution in [0.4, 0.5) is 5.69 Å². The Hall–Kier alpha value is -1.16. The number of thioether (sulfide) groups is 4. The summed E-state index contributed by atoms with van der Waals surface area (Å²) in [6.45, 7) is 3.08. The van der Waals surface area contributed by atoms with Crippen LogP contribution in [0.5, 0.6) is 0 Å². The second kappa shape index (κ2) is 9.56. The number of ketones is 2. The fourth-order valence-electron chi connectivity index (χ4n) is 3.13. The minimum absolute atomic E-state index is 0.00853. The molecule has 0 radical (unpaired) electrons. The van der Waals surface area contributed by atoms with Crippen molar-refractivity contribution in [1.82, 2.24) is 0 Å². The second-order valence-electron chi connectivity index (χ2n) is 6.19. The van der Waals surface area contributed by atoms with Crippen LogP contribution in [0.3, 0.4) is 0 Å². The van der Waals surface area contributed by atoms with Gasteiger partial charge in [0.25, 0.3) is 5.69 Å². The number of nitro benzene ring substituents is 1.